The summed E-state index contributed by atoms with van der Waals surface area (Å²) in [5.41, 5.74) is 4.42. The van der Waals surface area contributed by atoms with Gasteiger partial charge in [-0.3, -0.25) is 0 Å². The first kappa shape index (κ1) is 18.2. The van der Waals surface area contributed by atoms with Gasteiger partial charge in [-0.1, -0.05) is 41.9 Å². The minimum absolute atomic E-state index is 0.222. The molecule has 0 unspecified atom stereocenters. The van der Waals surface area contributed by atoms with Gasteiger partial charge >= 0.3 is 0 Å². The third-order valence-corrected chi connectivity index (χ3v) is 7.93. The monoisotopic (exact) mass is 434 g/mol. The zero-order chi connectivity index (χ0) is 18.5. The first-order valence-electron chi connectivity index (χ1n) is 8.97. The molecule has 0 radical (unpaired) electrons. The van der Waals surface area contributed by atoms with Gasteiger partial charge in [0.15, 0.2) is 0 Å². The second kappa shape index (κ2) is 6.44. The molecule has 1 N–H and O–H groups in total. The minimum Gasteiger partial charge on any atom is -0.315 e. The van der Waals surface area contributed by atoms with Crippen LogP contribution in [0.2, 0.25) is 0 Å². The van der Waals surface area contributed by atoms with Gasteiger partial charge in [-0.05, 0) is 59.5 Å². The molecule has 4 nitrogen and oxygen atoms in total. The maximum atomic E-state index is 13.2. The van der Waals surface area contributed by atoms with Crippen LogP contribution in [0.25, 0.3) is 11.1 Å². The van der Waals surface area contributed by atoms with Crippen LogP contribution in [-0.2, 0) is 15.4 Å². The second-order valence-electron chi connectivity index (χ2n) is 7.53. The number of nitrogens with one attached hydrogen (secondary N) is 1. The van der Waals surface area contributed by atoms with Gasteiger partial charge in [0.25, 0.3) is 0 Å². The molecule has 138 valence electrons. The highest BCUT2D eigenvalue weighted by Crippen LogP contribution is 2.49. The predicted octanol–water partition coefficient (Wildman–Crippen LogP) is 3.74. The molecule has 2 aliphatic rings. The van der Waals surface area contributed by atoms with Crippen LogP contribution >= 0.6 is 15.9 Å². The maximum Gasteiger partial charge on any atom is 0.243 e. The van der Waals surface area contributed by atoms with Crippen molar-refractivity contribution in [1.82, 2.24) is 9.62 Å². The van der Waals surface area contributed by atoms with E-state index in [1.54, 1.807) is 10.4 Å². The summed E-state index contributed by atoms with van der Waals surface area (Å²) in [6, 6.07) is 11.9. The highest BCUT2D eigenvalue weighted by Gasteiger charge is 2.37. The van der Waals surface area contributed by atoms with E-state index in [0.717, 1.165) is 28.6 Å². The Bertz CT molecular complexity index is 962. The van der Waals surface area contributed by atoms with E-state index in [9.17, 15) is 8.42 Å². The number of hydrogen-bond donors (Lipinski definition) is 1. The summed E-state index contributed by atoms with van der Waals surface area (Å²) in [4.78, 5) is 0.401. The zero-order valence-corrected chi connectivity index (χ0v) is 17.5. The lowest BCUT2D eigenvalue weighted by Gasteiger charge is -2.24. The van der Waals surface area contributed by atoms with E-state index >= 15 is 0 Å². The van der Waals surface area contributed by atoms with Gasteiger partial charge in [0.2, 0.25) is 10.0 Å². The maximum absolute atomic E-state index is 13.2. The summed E-state index contributed by atoms with van der Waals surface area (Å²) in [6.07, 6.45) is 0.842. The smallest absolute Gasteiger partial charge is 0.243 e. The van der Waals surface area contributed by atoms with Crippen LogP contribution in [-0.4, -0.2) is 38.9 Å². The van der Waals surface area contributed by atoms with Gasteiger partial charge in [0.1, 0.15) is 0 Å². The van der Waals surface area contributed by atoms with Crippen LogP contribution in [0, 0.1) is 0 Å². The van der Waals surface area contributed by atoms with E-state index in [-0.39, 0.29) is 5.41 Å². The molecule has 2 aromatic carbocycles. The van der Waals surface area contributed by atoms with Crippen LogP contribution < -0.4 is 5.32 Å². The topological polar surface area (TPSA) is 49.4 Å². The van der Waals surface area contributed by atoms with Gasteiger partial charge in [0.05, 0.1) is 4.90 Å². The van der Waals surface area contributed by atoms with E-state index in [1.807, 2.05) is 18.2 Å². The lowest BCUT2D eigenvalue weighted by molar-refractivity contribution is 0.432. The van der Waals surface area contributed by atoms with Gasteiger partial charge in [-0.25, -0.2) is 8.42 Å². The average Bonchev–Trinajstić information content (AvgIpc) is 2.82. The largest absolute Gasteiger partial charge is 0.315 e. The van der Waals surface area contributed by atoms with E-state index in [0.29, 0.717) is 24.5 Å². The van der Waals surface area contributed by atoms with Gasteiger partial charge in [0, 0.05) is 29.5 Å². The number of benzene rings is 2. The summed E-state index contributed by atoms with van der Waals surface area (Å²) in [6.45, 7) is 6.99. The van der Waals surface area contributed by atoms with Crippen LogP contribution in [0.5, 0.6) is 0 Å². The molecular weight excluding hydrogens is 412 g/mol. The molecule has 1 aliphatic carbocycles. The zero-order valence-electron chi connectivity index (χ0n) is 15.0. The molecule has 6 heteroatoms. The highest BCUT2D eigenvalue weighted by atomic mass is 79.9. The van der Waals surface area contributed by atoms with Crippen molar-refractivity contribution in [2.45, 2.75) is 30.6 Å². The number of sulfonamides is 1. The number of hydrogen-bond acceptors (Lipinski definition) is 3. The number of halogens is 1. The van der Waals surface area contributed by atoms with E-state index in [2.05, 4.69) is 47.2 Å². The van der Waals surface area contributed by atoms with Crippen molar-refractivity contribution < 1.29 is 8.42 Å². The Kier molecular flexibility index (Phi) is 4.50. The Balaban J connectivity index is 1.79. The van der Waals surface area contributed by atoms with Crippen molar-refractivity contribution >= 4 is 26.0 Å². The van der Waals surface area contributed by atoms with Crippen molar-refractivity contribution in [2.24, 2.45) is 0 Å². The minimum atomic E-state index is -3.47. The van der Waals surface area contributed by atoms with Crippen molar-refractivity contribution in [3.05, 3.63) is 52.0 Å². The quantitative estimate of drug-likeness (QED) is 0.782. The SMILES string of the molecule is CC1(C)c2cc(Br)ccc2-c2ccc(S(=O)(=O)N3CCCNCC3)cc21. The average molecular weight is 435 g/mol. The molecular formula is C20H23BrN2O2S. The third kappa shape index (κ3) is 2.83. The number of rotatable bonds is 2. The summed E-state index contributed by atoms with van der Waals surface area (Å²) in [5, 5.41) is 3.26. The standard InChI is InChI=1S/C20H23BrN2O2S/c1-20(2)18-12-14(21)4-6-16(18)17-7-5-15(13-19(17)20)26(24,25)23-10-3-8-22-9-11-23/h4-7,12-13,22H,3,8-11H2,1-2H3. The Morgan fingerprint density at radius 2 is 1.69 bits per heavy atom. The fourth-order valence-corrected chi connectivity index (χ4v) is 5.93. The van der Waals surface area contributed by atoms with Gasteiger partial charge in [-0.2, -0.15) is 4.31 Å². The Morgan fingerprint density at radius 3 is 2.46 bits per heavy atom. The molecule has 1 fully saturated rings. The summed E-state index contributed by atoms with van der Waals surface area (Å²) in [7, 11) is -3.47. The molecule has 0 spiro atoms. The molecule has 0 bridgehead atoms. The first-order chi connectivity index (χ1) is 12.3. The number of nitrogens with zero attached hydrogens (tertiary/aromatic N) is 1. The van der Waals surface area contributed by atoms with E-state index in [4.69, 9.17) is 0 Å². The Labute approximate surface area is 163 Å². The Morgan fingerprint density at radius 1 is 1.00 bits per heavy atom. The summed E-state index contributed by atoms with van der Waals surface area (Å²) in [5.74, 6) is 0. The summed E-state index contributed by atoms with van der Waals surface area (Å²) >= 11 is 3.56. The normalized spacial score (nSPS) is 19.7. The lowest BCUT2D eigenvalue weighted by atomic mass is 9.82. The summed E-state index contributed by atoms with van der Waals surface area (Å²) < 4.78 is 29.0. The second-order valence-corrected chi connectivity index (χ2v) is 10.4. The van der Waals surface area contributed by atoms with Crippen molar-refractivity contribution in [3.63, 3.8) is 0 Å². The molecule has 1 saturated heterocycles. The predicted molar refractivity (Wildman–Crippen MR) is 108 cm³/mol. The fraction of sp³-hybridized carbons (Fsp3) is 0.400. The van der Waals surface area contributed by atoms with Crippen LogP contribution in [0.15, 0.2) is 45.8 Å². The molecule has 0 aromatic heterocycles. The van der Waals surface area contributed by atoms with Crippen LogP contribution in [0.3, 0.4) is 0 Å². The molecule has 1 aliphatic heterocycles. The van der Waals surface area contributed by atoms with E-state index < -0.39 is 10.0 Å². The first-order valence-corrected chi connectivity index (χ1v) is 11.2. The highest BCUT2D eigenvalue weighted by molar-refractivity contribution is 9.10. The molecule has 0 atom stereocenters. The molecule has 2 aromatic rings. The molecule has 4 rings (SSSR count). The molecule has 1 heterocycles. The van der Waals surface area contributed by atoms with E-state index in [1.165, 1.54) is 11.1 Å². The molecule has 0 amide bonds. The van der Waals surface area contributed by atoms with Crippen LogP contribution in [0.1, 0.15) is 31.4 Å². The van der Waals surface area contributed by atoms with Crippen LogP contribution in [0.4, 0.5) is 0 Å². The van der Waals surface area contributed by atoms with Gasteiger partial charge < -0.3 is 5.32 Å². The van der Waals surface area contributed by atoms with Crippen molar-refractivity contribution in [2.75, 3.05) is 26.2 Å². The molecule has 26 heavy (non-hydrogen) atoms. The number of fused-ring (bicyclic) bond motifs is 3. The van der Waals surface area contributed by atoms with Gasteiger partial charge in [-0.15, -0.1) is 0 Å². The Hall–Kier alpha value is -1.21. The third-order valence-electron chi connectivity index (χ3n) is 5.55. The molecule has 0 saturated carbocycles. The van der Waals surface area contributed by atoms with Crippen molar-refractivity contribution in [1.29, 1.82) is 0 Å². The lowest BCUT2D eigenvalue weighted by Crippen LogP contribution is -2.34. The fourth-order valence-electron chi connectivity index (χ4n) is 4.06. The van der Waals surface area contributed by atoms with Crippen molar-refractivity contribution in [3.8, 4) is 11.1 Å².